The van der Waals surface area contributed by atoms with Gasteiger partial charge in [-0.25, -0.2) is 14.6 Å². The molecule has 3 heterocycles. The van der Waals surface area contributed by atoms with Gasteiger partial charge in [0.2, 0.25) is 0 Å². The number of anilines is 2. The zero-order valence-corrected chi connectivity index (χ0v) is 41.2. The van der Waals surface area contributed by atoms with Crippen LogP contribution in [-0.2, 0) is 9.47 Å². The molecule has 2 aliphatic heterocycles. The number of aromatic nitrogens is 1. The number of ether oxygens (including phenoxy) is 6. The standard InChI is InChI=1S/C47H60N6O14S2/c1-28-16-32(25-54)51(23-28)43(56)34-18-38(62-7)40(20-36(34)49-45(58)66-27-30(3)68-69-42-13-12-31(22-48-42)53(60)61)64-14-10-9-11-15-65-41-21-37(50-46(59)67-47(4,5)6)35(19-39(41)63-8)44(57)52-24-29(2)17-33(52)26-55/h12-13,18-22,30,32-33,54-55H,1-2,9-11,14-17,23-27H2,3-8H3,(H,49,58)(H,50,59)/t30-,32+,33+/m1/s1. The van der Waals surface area contributed by atoms with Gasteiger partial charge in [0.1, 0.15) is 23.4 Å². The van der Waals surface area contributed by atoms with Gasteiger partial charge in [-0.3, -0.25) is 30.3 Å². The fourth-order valence-electron chi connectivity index (χ4n) is 7.28. The highest BCUT2D eigenvalue weighted by Crippen LogP contribution is 2.39. The Morgan fingerprint density at radius 2 is 1.33 bits per heavy atom. The first-order valence-corrected chi connectivity index (χ1v) is 24.3. The van der Waals surface area contributed by atoms with Crippen molar-refractivity contribution >= 4 is 62.7 Å². The molecule has 4 amide bonds. The van der Waals surface area contributed by atoms with Crippen molar-refractivity contribution in [3.8, 4) is 23.0 Å². The Morgan fingerprint density at radius 3 is 1.77 bits per heavy atom. The number of amides is 4. The van der Waals surface area contributed by atoms with E-state index in [1.165, 1.54) is 88.2 Å². The normalized spacial score (nSPS) is 16.2. The minimum Gasteiger partial charge on any atom is -0.493 e. The summed E-state index contributed by atoms with van der Waals surface area (Å²) in [6.45, 7) is 15.3. The first-order valence-electron chi connectivity index (χ1n) is 22.1. The maximum atomic E-state index is 14.0. The molecule has 20 nitrogen and oxygen atoms in total. The second-order valence-electron chi connectivity index (χ2n) is 17.3. The topological polar surface area (TPSA) is 251 Å². The number of carbonyl (C=O) groups is 4. The van der Waals surface area contributed by atoms with E-state index in [-0.39, 0.29) is 103 Å². The van der Waals surface area contributed by atoms with E-state index in [2.05, 4.69) is 28.8 Å². The zero-order valence-electron chi connectivity index (χ0n) is 39.6. The number of aliphatic hydroxyl groups excluding tert-OH is 2. The van der Waals surface area contributed by atoms with Crippen molar-refractivity contribution in [2.75, 3.05) is 71.0 Å². The van der Waals surface area contributed by atoms with Crippen LogP contribution in [0, 0.1) is 10.1 Å². The molecular weight excluding hydrogens is 937 g/mol. The van der Waals surface area contributed by atoms with Gasteiger partial charge in [-0.05, 0) is 88.8 Å². The van der Waals surface area contributed by atoms with Gasteiger partial charge in [0.05, 0.1) is 80.2 Å². The Balaban J connectivity index is 1.23. The average molecular weight is 997 g/mol. The van der Waals surface area contributed by atoms with E-state index in [0.29, 0.717) is 37.1 Å². The van der Waals surface area contributed by atoms with Crippen LogP contribution in [0.4, 0.5) is 26.7 Å². The number of aliphatic hydroxyl groups is 2. The van der Waals surface area contributed by atoms with Crippen LogP contribution in [0.15, 0.2) is 71.9 Å². The van der Waals surface area contributed by atoms with Crippen LogP contribution in [0.1, 0.15) is 80.5 Å². The van der Waals surface area contributed by atoms with E-state index in [1.807, 2.05) is 6.92 Å². The molecule has 2 fully saturated rings. The number of unbranched alkanes of at least 4 members (excludes halogenated alkanes) is 2. The predicted molar refractivity (Wildman–Crippen MR) is 261 cm³/mol. The second-order valence-corrected chi connectivity index (χ2v) is 19.9. The molecule has 5 rings (SSSR count). The monoisotopic (exact) mass is 996 g/mol. The Labute approximate surface area is 408 Å². The fraction of sp³-hybridized carbons (Fsp3) is 0.468. The first-order chi connectivity index (χ1) is 32.8. The summed E-state index contributed by atoms with van der Waals surface area (Å²) in [6.07, 6.45) is 2.18. The molecule has 1 aromatic heterocycles. The third-order valence-electron chi connectivity index (χ3n) is 10.6. The highest BCUT2D eigenvalue weighted by Gasteiger charge is 2.35. The van der Waals surface area contributed by atoms with E-state index in [0.717, 1.165) is 11.1 Å². The van der Waals surface area contributed by atoms with Gasteiger partial charge >= 0.3 is 12.2 Å². The summed E-state index contributed by atoms with van der Waals surface area (Å²) >= 11 is 0. The number of rotatable bonds is 22. The largest absolute Gasteiger partial charge is 0.493 e. The summed E-state index contributed by atoms with van der Waals surface area (Å²) in [4.78, 5) is 71.5. The number of pyridine rings is 1. The molecule has 2 aliphatic rings. The number of nitrogens with zero attached hydrogens (tertiary/aromatic N) is 4. The lowest BCUT2D eigenvalue weighted by Gasteiger charge is -2.25. The number of nitro groups is 1. The van der Waals surface area contributed by atoms with Crippen molar-refractivity contribution < 1.29 is 62.7 Å². The zero-order chi connectivity index (χ0) is 50.4. The molecule has 4 N–H and O–H groups in total. The molecule has 3 atom stereocenters. The van der Waals surface area contributed by atoms with E-state index >= 15 is 0 Å². The number of benzene rings is 2. The maximum absolute atomic E-state index is 14.0. The molecule has 0 spiro atoms. The fourth-order valence-corrected chi connectivity index (χ4v) is 9.14. The Bertz CT molecular complexity index is 2360. The minimum atomic E-state index is -0.838. The smallest absolute Gasteiger partial charge is 0.412 e. The van der Waals surface area contributed by atoms with Gasteiger partial charge in [0, 0.05) is 36.5 Å². The molecule has 3 aromatic rings. The summed E-state index contributed by atoms with van der Waals surface area (Å²) in [6, 6.07) is 7.86. The van der Waals surface area contributed by atoms with Gasteiger partial charge in [0.15, 0.2) is 23.0 Å². The average Bonchev–Trinajstić information content (AvgIpc) is 3.90. The Morgan fingerprint density at radius 1 is 0.826 bits per heavy atom. The second kappa shape index (κ2) is 24.9. The van der Waals surface area contributed by atoms with Crippen molar-refractivity contribution in [3.63, 3.8) is 0 Å². The van der Waals surface area contributed by atoms with Gasteiger partial charge in [-0.2, -0.15) is 0 Å². The molecule has 0 aliphatic carbocycles. The van der Waals surface area contributed by atoms with Crippen molar-refractivity contribution in [1.29, 1.82) is 0 Å². The summed E-state index contributed by atoms with van der Waals surface area (Å²) in [5.41, 5.74) is 1.06. The highest BCUT2D eigenvalue weighted by atomic mass is 33.1. The molecular formula is C47H60N6O14S2. The maximum Gasteiger partial charge on any atom is 0.412 e. The molecule has 2 aromatic carbocycles. The molecule has 22 heteroatoms. The number of carbonyl (C=O) groups excluding carboxylic acids is 4. The van der Waals surface area contributed by atoms with E-state index < -0.39 is 46.6 Å². The Hall–Kier alpha value is -6.23. The minimum absolute atomic E-state index is 0.0231. The van der Waals surface area contributed by atoms with Crippen LogP contribution in [0.25, 0.3) is 0 Å². The molecule has 0 unspecified atom stereocenters. The SMILES string of the molecule is C=C1C[C@@H](CO)N(C(=O)c2cc(OC)c(OCCCCCOc3cc(NC(=O)OC(C)(C)C)c(C(=O)N4CC(=C)C[C@H]4CO)cc3OC)cc2NC(=O)OC[C@@H](C)SSc2ccc([N+](=O)[O-])cn2)C1. The highest BCUT2D eigenvalue weighted by molar-refractivity contribution is 8.76. The lowest BCUT2D eigenvalue weighted by atomic mass is 10.1. The van der Waals surface area contributed by atoms with E-state index in [4.69, 9.17) is 28.4 Å². The van der Waals surface area contributed by atoms with Crippen LogP contribution in [0.2, 0.25) is 0 Å². The summed E-state index contributed by atoms with van der Waals surface area (Å²) in [5, 5.41) is 36.6. The van der Waals surface area contributed by atoms with Crippen molar-refractivity contribution in [2.45, 2.75) is 87.8 Å². The summed E-state index contributed by atoms with van der Waals surface area (Å²) in [7, 11) is 5.48. The molecule has 2 saturated heterocycles. The van der Waals surface area contributed by atoms with E-state index in [1.54, 1.807) is 20.8 Å². The van der Waals surface area contributed by atoms with E-state index in [9.17, 15) is 39.5 Å². The van der Waals surface area contributed by atoms with Crippen LogP contribution < -0.4 is 29.6 Å². The molecule has 69 heavy (non-hydrogen) atoms. The van der Waals surface area contributed by atoms with Crippen LogP contribution in [-0.4, -0.2) is 137 Å². The number of nitrogens with one attached hydrogen (secondary N) is 2. The number of hydrogen-bond donors (Lipinski definition) is 4. The van der Waals surface area contributed by atoms with Gasteiger partial charge < -0.3 is 48.4 Å². The number of hydrogen-bond acceptors (Lipinski definition) is 17. The van der Waals surface area contributed by atoms with Crippen LogP contribution in [0.5, 0.6) is 23.0 Å². The number of likely N-dealkylation sites (tertiary alicyclic amines) is 2. The van der Waals surface area contributed by atoms with Crippen LogP contribution in [0.3, 0.4) is 0 Å². The quantitative estimate of drug-likeness (QED) is 0.0245. The lowest BCUT2D eigenvalue weighted by Crippen LogP contribution is -2.38. The molecule has 0 bridgehead atoms. The first kappa shape index (κ1) is 53.7. The summed E-state index contributed by atoms with van der Waals surface area (Å²) in [5.74, 6) is 0.0933. The van der Waals surface area contributed by atoms with Gasteiger partial charge in [0.25, 0.3) is 17.5 Å². The number of methoxy groups -OCH3 is 2. The van der Waals surface area contributed by atoms with Crippen molar-refractivity contribution in [2.24, 2.45) is 0 Å². The van der Waals surface area contributed by atoms with Crippen molar-refractivity contribution in [1.82, 2.24) is 14.8 Å². The van der Waals surface area contributed by atoms with Gasteiger partial charge in [-0.15, -0.1) is 0 Å². The third-order valence-corrected chi connectivity index (χ3v) is 13.3. The third kappa shape index (κ3) is 15.1. The summed E-state index contributed by atoms with van der Waals surface area (Å²) < 4.78 is 34.5. The Kier molecular flexibility index (Phi) is 19.4. The van der Waals surface area contributed by atoms with Crippen molar-refractivity contribution in [3.05, 3.63) is 88.1 Å². The molecule has 0 radical (unpaired) electrons. The molecule has 374 valence electrons. The lowest BCUT2D eigenvalue weighted by molar-refractivity contribution is -0.385. The molecule has 0 saturated carbocycles. The predicted octanol–water partition coefficient (Wildman–Crippen LogP) is 7.89. The van der Waals surface area contributed by atoms with Gasteiger partial charge in [-0.1, -0.05) is 35.1 Å². The van der Waals surface area contributed by atoms with Crippen LogP contribution >= 0.6 is 21.6 Å².